The van der Waals surface area contributed by atoms with Crippen LogP contribution < -0.4 is 10.1 Å². The number of hydrogen-bond acceptors (Lipinski definition) is 4. The molecule has 0 aliphatic rings. The number of halogens is 3. The van der Waals surface area contributed by atoms with Crippen LogP contribution in [-0.4, -0.2) is 44.0 Å². The lowest BCUT2D eigenvalue weighted by Gasteiger charge is -2.20. The van der Waals surface area contributed by atoms with E-state index in [1.165, 1.54) is 37.3 Å². The number of para-hydroxylation sites is 1. The average molecular weight is 362 g/mol. The van der Waals surface area contributed by atoms with Crippen LogP contribution in [0.2, 0.25) is 0 Å². The SMILES string of the molecule is COC(=O)CCCCNC(=O)N(C)Cc1ccccc1OC(F)(F)F. The lowest BCUT2D eigenvalue weighted by atomic mass is 10.2. The van der Waals surface area contributed by atoms with Gasteiger partial charge < -0.3 is 19.7 Å². The van der Waals surface area contributed by atoms with Crippen LogP contribution in [0.5, 0.6) is 5.75 Å². The van der Waals surface area contributed by atoms with Crippen molar-refractivity contribution in [3.05, 3.63) is 29.8 Å². The second-order valence-corrected chi connectivity index (χ2v) is 5.28. The first kappa shape index (κ1) is 20.6. The summed E-state index contributed by atoms with van der Waals surface area (Å²) in [5.74, 6) is -0.655. The van der Waals surface area contributed by atoms with Gasteiger partial charge in [-0.1, -0.05) is 18.2 Å². The predicted octanol–water partition coefficient (Wildman–Crippen LogP) is 3.07. The van der Waals surface area contributed by atoms with Crippen LogP contribution in [0.3, 0.4) is 0 Å². The molecule has 1 N–H and O–H groups in total. The third-order valence-corrected chi connectivity index (χ3v) is 3.26. The number of ether oxygens (including phenoxy) is 2. The number of hydrogen-bond donors (Lipinski definition) is 1. The van der Waals surface area contributed by atoms with Crippen LogP contribution in [0.25, 0.3) is 0 Å². The Kier molecular flexibility index (Phi) is 8.03. The van der Waals surface area contributed by atoms with Gasteiger partial charge in [0.1, 0.15) is 5.75 Å². The number of unbranched alkanes of at least 4 members (excludes halogenated alkanes) is 1. The Morgan fingerprint density at radius 3 is 2.52 bits per heavy atom. The number of alkyl halides is 3. The molecule has 1 aromatic rings. The molecule has 0 aromatic heterocycles. The van der Waals surface area contributed by atoms with Crippen LogP contribution >= 0.6 is 0 Å². The van der Waals surface area contributed by atoms with Crippen molar-refractivity contribution in [2.24, 2.45) is 0 Å². The van der Waals surface area contributed by atoms with E-state index in [1.54, 1.807) is 6.07 Å². The maximum absolute atomic E-state index is 12.4. The molecule has 0 aliphatic carbocycles. The topological polar surface area (TPSA) is 67.9 Å². The first-order valence-corrected chi connectivity index (χ1v) is 7.62. The van der Waals surface area contributed by atoms with Gasteiger partial charge in [-0.2, -0.15) is 0 Å². The molecule has 9 heteroatoms. The number of nitrogens with zero attached hydrogens (tertiary/aromatic N) is 1. The van der Waals surface area contributed by atoms with Gasteiger partial charge in [-0.3, -0.25) is 4.79 Å². The minimum Gasteiger partial charge on any atom is -0.469 e. The number of urea groups is 1. The number of nitrogens with one attached hydrogen (secondary N) is 1. The Morgan fingerprint density at radius 1 is 1.20 bits per heavy atom. The molecule has 0 saturated carbocycles. The largest absolute Gasteiger partial charge is 0.573 e. The number of carbonyl (C=O) groups is 2. The van der Waals surface area contributed by atoms with Gasteiger partial charge in [0, 0.05) is 25.6 Å². The molecule has 0 heterocycles. The Balaban J connectivity index is 2.46. The molecule has 1 aromatic carbocycles. The number of benzene rings is 1. The number of amides is 2. The molecule has 0 fully saturated rings. The number of methoxy groups -OCH3 is 1. The van der Waals surface area contributed by atoms with Crippen molar-refractivity contribution in [2.75, 3.05) is 20.7 Å². The zero-order valence-corrected chi connectivity index (χ0v) is 14.1. The first-order valence-electron chi connectivity index (χ1n) is 7.62. The monoisotopic (exact) mass is 362 g/mol. The zero-order valence-electron chi connectivity index (χ0n) is 14.1. The molecule has 140 valence electrons. The molecule has 0 spiro atoms. The summed E-state index contributed by atoms with van der Waals surface area (Å²) in [6.45, 7) is 0.307. The third kappa shape index (κ3) is 8.27. The standard InChI is InChI=1S/C16H21F3N2O4/c1-21(15(23)20-10-6-5-9-14(22)24-2)11-12-7-3-4-8-13(12)25-16(17,18)19/h3-4,7-8H,5-6,9-11H2,1-2H3,(H,20,23). The van der Waals surface area contributed by atoms with Gasteiger partial charge in [0.2, 0.25) is 0 Å². The molecule has 0 saturated heterocycles. The van der Waals surface area contributed by atoms with Crippen molar-refractivity contribution in [1.82, 2.24) is 10.2 Å². The van der Waals surface area contributed by atoms with E-state index in [9.17, 15) is 22.8 Å². The number of esters is 1. The summed E-state index contributed by atoms with van der Waals surface area (Å²) in [5.41, 5.74) is 0.239. The number of carbonyl (C=O) groups excluding carboxylic acids is 2. The molecule has 0 unspecified atom stereocenters. The molecule has 0 aliphatic heterocycles. The Labute approximate surface area is 143 Å². The number of rotatable bonds is 8. The second-order valence-electron chi connectivity index (χ2n) is 5.28. The molecule has 2 amide bonds. The van der Waals surface area contributed by atoms with Gasteiger partial charge >= 0.3 is 18.4 Å². The summed E-state index contributed by atoms with van der Waals surface area (Å²) in [6.07, 6.45) is -3.37. The lowest BCUT2D eigenvalue weighted by Crippen LogP contribution is -2.37. The van der Waals surface area contributed by atoms with Gasteiger partial charge in [0.05, 0.1) is 13.7 Å². The van der Waals surface area contributed by atoms with Gasteiger partial charge in [0.25, 0.3) is 0 Å². The fourth-order valence-electron chi connectivity index (χ4n) is 2.01. The maximum atomic E-state index is 12.4. The van der Waals surface area contributed by atoms with Crippen molar-refractivity contribution < 1.29 is 32.2 Å². The summed E-state index contributed by atoms with van der Waals surface area (Å²) in [5, 5.41) is 2.63. The summed E-state index contributed by atoms with van der Waals surface area (Å²) in [4.78, 5) is 24.1. The highest BCUT2D eigenvalue weighted by Crippen LogP contribution is 2.26. The van der Waals surface area contributed by atoms with E-state index in [2.05, 4.69) is 14.8 Å². The van der Waals surface area contributed by atoms with Crippen LogP contribution in [0.4, 0.5) is 18.0 Å². The fraction of sp³-hybridized carbons (Fsp3) is 0.500. The first-order chi connectivity index (χ1) is 11.7. The molecule has 1 rings (SSSR count). The van der Waals surface area contributed by atoms with Gasteiger partial charge in [-0.15, -0.1) is 13.2 Å². The quantitative estimate of drug-likeness (QED) is 0.570. The lowest BCUT2D eigenvalue weighted by molar-refractivity contribution is -0.275. The maximum Gasteiger partial charge on any atom is 0.573 e. The van der Waals surface area contributed by atoms with Crippen LogP contribution in [0.15, 0.2) is 24.3 Å². The molecule has 0 atom stereocenters. The third-order valence-electron chi connectivity index (χ3n) is 3.26. The minimum absolute atomic E-state index is 0.0414. The van der Waals surface area contributed by atoms with Crippen molar-refractivity contribution in [3.8, 4) is 5.75 Å². The summed E-state index contributed by atoms with van der Waals surface area (Å²) in [7, 11) is 2.77. The van der Waals surface area contributed by atoms with Crippen LogP contribution in [0, 0.1) is 0 Å². The van der Waals surface area contributed by atoms with Gasteiger partial charge in [-0.05, 0) is 18.9 Å². The Bertz CT molecular complexity index is 579. The summed E-state index contributed by atoms with van der Waals surface area (Å²) < 4.78 is 45.6. The average Bonchev–Trinajstić information content (AvgIpc) is 2.54. The molecule has 25 heavy (non-hydrogen) atoms. The van der Waals surface area contributed by atoms with Gasteiger partial charge in [0.15, 0.2) is 0 Å². The second kappa shape index (κ2) is 9.75. The van der Waals surface area contributed by atoms with E-state index in [1.807, 2.05) is 0 Å². The normalized spacial score (nSPS) is 10.9. The van der Waals surface area contributed by atoms with Crippen molar-refractivity contribution in [2.45, 2.75) is 32.2 Å². The predicted molar refractivity (Wildman–Crippen MR) is 83.9 cm³/mol. The summed E-state index contributed by atoms with van der Waals surface area (Å²) in [6, 6.07) is 5.21. The smallest absolute Gasteiger partial charge is 0.469 e. The highest BCUT2D eigenvalue weighted by molar-refractivity contribution is 5.74. The molecular formula is C16H21F3N2O4. The highest BCUT2D eigenvalue weighted by atomic mass is 19.4. The van der Waals surface area contributed by atoms with E-state index in [-0.39, 0.29) is 30.2 Å². The van der Waals surface area contributed by atoms with E-state index < -0.39 is 12.4 Å². The molecule has 0 bridgehead atoms. The van der Waals surface area contributed by atoms with E-state index in [4.69, 9.17) is 0 Å². The van der Waals surface area contributed by atoms with Crippen LogP contribution in [0.1, 0.15) is 24.8 Å². The van der Waals surface area contributed by atoms with Crippen molar-refractivity contribution >= 4 is 12.0 Å². The van der Waals surface area contributed by atoms with E-state index >= 15 is 0 Å². The highest BCUT2D eigenvalue weighted by Gasteiger charge is 2.32. The Hall–Kier alpha value is -2.45. The zero-order chi connectivity index (χ0) is 18.9. The summed E-state index contributed by atoms with van der Waals surface area (Å²) >= 11 is 0. The fourth-order valence-corrected chi connectivity index (χ4v) is 2.01. The van der Waals surface area contributed by atoms with E-state index in [0.717, 1.165) is 0 Å². The molecular weight excluding hydrogens is 341 g/mol. The van der Waals surface area contributed by atoms with Crippen LogP contribution in [-0.2, 0) is 16.1 Å². The minimum atomic E-state index is -4.80. The molecule has 0 radical (unpaired) electrons. The van der Waals surface area contributed by atoms with Crippen molar-refractivity contribution in [3.63, 3.8) is 0 Å². The Morgan fingerprint density at radius 2 is 1.88 bits per heavy atom. The van der Waals surface area contributed by atoms with Gasteiger partial charge in [-0.25, -0.2) is 4.79 Å². The molecule has 6 nitrogen and oxygen atoms in total. The van der Waals surface area contributed by atoms with Crippen molar-refractivity contribution in [1.29, 1.82) is 0 Å². The van der Waals surface area contributed by atoms with E-state index in [0.29, 0.717) is 19.4 Å².